The number of benzene rings is 2. The van der Waals surface area contributed by atoms with Crippen molar-refractivity contribution in [1.29, 1.82) is 0 Å². The highest BCUT2D eigenvalue weighted by molar-refractivity contribution is 6.30. The fourth-order valence-corrected chi connectivity index (χ4v) is 4.17. The number of ketones is 1. The Balaban J connectivity index is 1.68. The molecule has 0 spiro atoms. The number of amides is 1. The molecule has 3 aromatic rings. The monoisotopic (exact) mass is 523 g/mol. The molecule has 0 fully saturated rings. The van der Waals surface area contributed by atoms with Crippen LogP contribution in [0, 0.1) is 6.92 Å². The van der Waals surface area contributed by atoms with Gasteiger partial charge in [0.2, 0.25) is 0 Å². The molecular formula is C27H30ClN5O4. The molecule has 0 radical (unpaired) electrons. The van der Waals surface area contributed by atoms with E-state index in [0.29, 0.717) is 28.1 Å². The van der Waals surface area contributed by atoms with E-state index in [-0.39, 0.29) is 25.4 Å². The summed E-state index contributed by atoms with van der Waals surface area (Å²) in [6.07, 6.45) is -0.301. The molecule has 1 aliphatic heterocycles. The third-order valence-corrected chi connectivity index (χ3v) is 5.79. The molecule has 10 heteroatoms. The third-order valence-electron chi connectivity index (χ3n) is 5.53. The molecule has 4 rings (SSSR count). The summed E-state index contributed by atoms with van der Waals surface area (Å²) in [6, 6.07) is 12.6. The van der Waals surface area contributed by atoms with Gasteiger partial charge in [-0.05, 0) is 65.0 Å². The molecular weight excluding hydrogens is 494 g/mol. The van der Waals surface area contributed by atoms with Crippen LogP contribution >= 0.6 is 11.6 Å². The molecule has 194 valence electrons. The average Bonchev–Trinajstić information content (AvgIpc) is 3.13. The van der Waals surface area contributed by atoms with Gasteiger partial charge < -0.3 is 14.8 Å². The average molecular weight is 524 g/mol. The number of aryl methyl sites for hydroxylation is 1. The first kappa shape index (κ1) is 26.3. The fraction of sp³-hybridized carbons (Fsp3) is 0.370. The van der Waals surface area contributed by atoms with Crippen molar-refractivity contribution in [1.82, 2.24) is 20.1 Å². The Labute approximate surface area is 220 Å². The van der Waals surface area contributed by atoms with Crippen LogP contribution in [0.15, 0.2) is 47.5 Å². The van der Waals surface area contributed by atoms with Crippen LogP contribution in [-0.2, 0) is 9.53 Å². The molecule has 1 N–H and O–H groups in total. The highest BCUT2D eigenvalue weighted by Gasteiger charge is 2.29. The number of ether oxygens (including phenoxy) is 2. The maximum absolute atomic E-state index is 12.1. The summed E-state index contributed by atoms with van der Waals surface area (Å²) in [5.41, 5.74) is 2.60. The Morgan fingerprint density at radius 2 is 1.84 bits per heavy atom. The minimum atomic E-state index is -0.571. The molecule has 1 aromatic heterocycles. The van der Waals surface area contributed by atoms with E-state index in [2.05, 4.69) is 15.5 Å². The number of carbonyl (C=O) groups is 2. The lowest BCUT2D eigenvalue weighted by Gasteiger charge is -2.19. The maximum Gasteiger partial charge on any atom is 0.407 e. The number of aromatic nitrogens is 3. The number of carbonyl (C=O) groups excluding carboxylic acids is 2. The van der Waals surface area contributed by atoms with Gasteiger partial charge in [-0.25, -0.2) is 4.79 Å². The van der Waals surface area contributed by atoms with E-state index in [0.717, 1.165) is 16.8 Å². The van der Waals surface area contributed by atoms with Crippen molar-refractivity contribution in [2.24, 2.45) is 4.99 Å². The summed E-state index contributed by atoms with van der Waals surface area (Å²) in [5.74, 6) is 1.90. The molecule has 0 bridgehead atoms. The largest absolute Gasteiger partial charge is 0.492 e. The van der Waals surface area contributed by atoms with E-state index in [1.165, 1.54) is 0 Å². The number of rotatable bonds is 7. The Kier molecular flexibility index (Phi) is 7.63. The van der Waals surface area contributed by atoms with Gasteiger partial charge in [0.25, 0.3) is 0 Å². The summed E-state index contributed by atoms with van der Waals surface area (Å²) in [7, 11) is 0. The number of nitrogens with zero attached hydrogens (tertiary/aromatic N) is 4. The molecule has 0 saturated heterocycles. The number of nitrogens with one attached hydrogen (secondary N) is 1. The second-order valence-corrected chi connectivity index (χ2v) is 10.2. The standard InChI is InChI=1S/C27H30ClN5O4/c1-16(34)14-22-25-32-31-17(2)33(25)23-11-10-20(36-13-12-29-26(35)37-27(3,4)5)15-21(23)24(30-22)18-6-8-19(28)9-7-18/h6-11,15,22H,12-14H2,1-5H3,(H,29,35)/t22-/m0/s1. The van der Waals surface area contributed by atoms with Gasteiger partial charge in [0, 0.05) is 22.6 Å². The molecule has 1 aliphatic rings. The topological polar surface area (TPSA) is 108 Å². The normalized spacial score (nSPS) is 14.6. The first-order chi connectivity index (χ1) is 17.5. The van der Waals surface area contributed by atoms with Gasteiger partial charge >= 0.3 is 6.09 Å². The Morgan fingerprint density at radius 3 is 2.51 bits per heavy atom. The number of fused-ring (bicyclic) bond motifs is 3. The molecule has 0 saturated carbocycles. The van der Waals surface area contributed by atoms with Crippen LogP contribution in [0.4, 0.5) is 4.79 Å². The van der Waals surface area contributed by atoms with Gasteiger partial charge in [0.15, 0.2) is 5.82 Å². The van der Waals surface area contributed by atoms with Crippen LogP contribution in [0.5, 0.6) is 5.75 Å². The Hall–Kier alpha value is -3.72. The molecule has 1 atom stereocenters. The number of Topliss-reactive ketones (excluding diaryl/α,β-unsaturated/α-hetero) is 1. The van der Waals surface area contributed by atoms with Crippen LogP contribution < -0.4 is 10.1 Å². The SMILES string of the molecule is CC(=O)C[C@@H]1N=C(c2ccc(Cl)cc2)c2cc(OCCNC(=O)OC(C)(C)C)ccc2-n2c(C)nnc21. The van der Waals surface area contributed by atoms with Gasteiger partial charge in [-0.15, -0.1) is 10.2 Å². The molecule has 2 heterocycles. The van der Waals surface area contributed by atoms with Crippen molar-refractivity contribution >= 4 is 29.2 Å². The summed E-state index contributed by atoms with van der Waals surface area (Å²) < 4.78 is 13.1. The minimum absolute atomic E-state index is 0.00359. The van der Waals surface area contributed by atoms with Crippen LogP contribution in [0.1, 0.15) is 62.9 Å². The van der Waals surface area contributed by atoms with Crippen molar-refractivity contribution in [2.45, 2.75) is 52.7 Å². The highest BCUT2D eigenvalue weighted by atomic mass is 35.5. The number of aliphatic imine (C=N–C) groups is 1. The van der Waals surface area contributed by atoms with Crippen molar-refractivity contribution in [2.75, 3.05) is 13.2 Å². The van der Waals surface area contributed by atoms with E-state index in [4.69, 9.17) is 26.1 Å². The van der Waals surface area contributed by atoms with Gasteiger partial charge in [-0.3, -0.25) is 14.4 Å². The van der Waals surface area contributed by atoms with E-state index in [1.54, 1.807) is 19.1 Å². The quantitative estimate of drug-likeness (QED) is 0.436. The van der Waals surface area contributed by atoms with Crippen LogP contribution in [0.3, 0.4) is 0 Å². The van der Waals surface area contributed by atoms with Gasteiger partial charge in [0.1, 0.15) is 35.6 Å². The van der Waals surface area contributed by atoms with Crippen molar-refractivity contribution < 1.29 is 19.1 Å². The van der Waals surface area contributed by atoms with Gasteiger partial charge in [-0.2, -0.15) is 0 Å². The number of hydrogen-bond acceptors (Lipinski definition) is 7. The first-order valence-corrected chi connectivity index (χ1v) is 12.4. The third kappa shape index (κ3) is 6.35. The van der Waals surface area contributed by atoms with Crippen LogP contribution in [-0.4, -0.2) is 51.1 Å². The zero-order valence-electron chi connectivity index (χ0n) is 21.5. The molecule has 0 aliphatic carbocycles. The van der Waals surface area contributed by atoms with Crippen LogP contribution in [0.25, 0.3) is 5.69 Å². The maximum atomic E-state index is 12.1. The number of halogens is 1. The predicted octanol–water partition coefficient (Wildman–Crippen LogP) is 5.00. The molecule has 1 amide bonds. The summed E-state index contributed by atoms with van der Waals surface area (Å²) in [4.78, 5) is 29.0. The second kappa shape index (κ2) is 10.7. The fourth-order valence-electron chi connectivity index (χ4n) is 4.05. The Bertz CT molecular complexity index is 1340. The van der Waals surface area contributed by atoms with Crippen molar-refractivity contribution in [3.63, 3.8) is 0 Å². The molecule has 37 heavy (non-hydrogen) atoms. The van der Waals surface area contributed by atoms with E-state index in [1.807, 2.05) is 62.6 Å². The van der Waals surface area contributed by atoms with E-state index >= 15 is 0 Å². The Morgan fingerprint density at radius 1 is 1.11 bits per heavy atom. The van der Waals surface area contributed by atoms with Gasteiger partial charge in [-0.1, -0.05) is 23.7 Å². The number of alkyl carbamates (subject to hydrolysis) is 1. The van der Waals surface area contributed by atoms with Gasteiger partial charge in [0.05, 0.1) is 17.9 Å². The molecule has 0 unspecified atom stereocenters. The smallest absolute Gasteiger partial charge is 0.407 e. The molecule has 2 aromatic carbocycles. The van der Waals surface area contributed by atoms with Crippen LogP contribution in [0.2, 0.25) is 5.02 Å². The van der Waals surface area contributed by atoms with Crippen molar-refractivity contribution in [3.8, 4) is 11.4 Å². The minimum Gasteiger partial charge on any atom is -0.492 e. The lowest BCUT2D eigenvalue weighted by Crippen LogP contribution is -2.34. The number of hydrogen-bond donors (Lipinski definition) is 1. The zero-order chi connectivity index (χ0) is 26.7. The lowest BCUT2D eigenvalue weighted by atomic mass is 10.00. The molecule has 9 nitrogen and oxygen atoms in total. The summed E-state index contributed by atoms with van der Waals surface area (Å²) in [6.45, 7) is 9.35. The second-order valence-electron chi connectivity index (χ2n) is 9.80. The van der Waals surface area contributed by atoms with Crippen molar-refractivity contribution in [3.05, 3.63) is 70.3 Å². The summed E-state index contributed by atoms with van der Waals surface area (Å²) in [5, 5.41) is 11.9. The summed E-state index contributed by atoms with van der Waals surface area (Å²) >= 11 is 6.14. The lowest BCUT2D eigenvalue weighted by molar-refractivity contribution is -0.117. The highest BCUT2D eigenvalue weighted by Crippen LogP contribution is 2.34. The first-order valence-electron chi connectivity index (χ1n) is 12.0. The zero-order valence-corrected chi connectivity index (χ0v) is 22.3. The van der Waals surface area contributed by atoms with E-state index < -0.39 is 17.7 Å². The predicted molar refractivity (Wildman–Crippen MR) is 141 cm³/mol. The van der Waals surface area contributed by atoms with E-state index in [9.17, 15) is 9.59 Å².